The van der Waals surface area contributed by atoms with E-state index in [0.717, 1.165) is 59.4 Å². The highest BCUT2D eigenvalue weighted by atomic mass is 16.5. The zero-order valence-electron chi connectivity index (χ0n) is 19.5. The Balaban J connectivity index is 1.50. The number of rotatable bonds is 8. The van der Waals surface area contributed by atoms with Gasteiger partial charge in [-0.05, 0) is 74.9 Å². The molecule has 32 heavy (non-hydrogen) atoms. The molecule has 2 amide bonds. The topological polar surface area (TPSA) is 76.7 Å². The molecule has 2 aromatic carbocycles. The number of hydrogen-bond donors (Lipinski definition) is 2. The van der Waals surface area contributed by atoms with Crippen LogP contribution in [0.1, 0.15) is 47.9 Å². The van der Waals surface area contributed by atoms with Crippen molar-refractivity contribution in [2.45, 2.75) is 65.5 Å². The summed E-state index contributed by atoms with van der Waals surface area (Å²) in [5.41, 5.74) is 4.17. The van der Waals surface area contributed by atoms with Gasteiger partial charge in [0.25, 0.3) is 11.8 Å². The van der Waals surface area contributed by atoms with Crippen LogP contribution in [0.25, 0.3) is 0 Å². The lowest BCUT2D eigenvalue weighted by molar-refractivity contribution is -0.127. The van der Waals surface area contributed by atoms with Crippen LogP contribution in [0.4, 0.5) is 0 Å². The Morgan fingerprint density at radius 2 is 1.16 bits per heavy atom. The molecule has 1 saturated carbocycles. The molecule has 1 fully saturated rings. The summed E-state index contributed by atoms with van der Waals surface area (Å²) in [5, 5.41) is 6.10. The summed E-state index contributed by atoms with van der Waals surface area (Å²) in [6, 6.07) is 11.6. The van der Waals surface area contributed by atoms with Gasteiger partial charge in [0.1, 0.15) is 11.5 Å². The second kappa shape index (κ2) is 11.0. The van der Waals surface area contributed by atoms with Crippen LogP contribution in [0.2, 0.25) is 0 Å². The van der Waals surface area contributed by atoms with Gasteiger partial charge in [0.2, 0.25) is 0 Å². The second-order valence-electron chi connectivity index (χ2n) is 8.75. The van der Waals surface area contributed by atoms with E-state index < -0.39 is 0 Å². The zero-order chi connectivity index (χ0) is 23.1. The normalized spacial score (nSPS) is 18.0. The van der Waals surface area contributed by atoms with Crippen LogP contribution in [0.3, 0.4) is 0 Å². The Morgan fingerprint density at radius 3 is 1.56 bits per heavy atom. The summed E-state index contributed by atoms with van der Waals surface area (Å²) in [4.78, 5) is 25.0. The fourth-order valence-corrected chi connectivity index (χ4v) is 3.99. The van der Waals surface area contributed by atoms with Crippen LogP contribution < -0.4 is 20.1 Å². The molecule has 1 aliphatic rings. The minimum absolute atomic E-state index is 0.0444. The maximum absolute atomic E-state index is 12.5. The molecule has 2 aromatic rings. The van der Waals surface area contributed by atoms with Crippen molar-refractivity contribution in [1.29, 1.82) is 0 Å². The average molecular weight is 439 g/mol. The lowest BCUT2D eigenvalue weighted by Gasteiger charge is -2.32. The van der Waals surface area contributed by atoms with Crippen molar-refractivity contribution in [2.24, 2.45) is 0 Å². The molecular formula is C26H34N2O4. The largest absolute Gasteiger partial charge is 0.483 e. The van der Waals surface area contributed by atoms with E-state index in [-0.39, 0.29) is 37.1 Å². The van der Waals surface area contributed by atoms with Crippen molar-refractivity contribution < 1.29 is 19.1 Å². The van der Waals surface area contributed by atoms with Gasteiger partial charge in [-0.2, -0.15) is 0 Å². The van der Waals surface area contributed by atoms with E-state index in [1.54, 1.807) is 0 Å². The van der Waals surface area contributed by atoms with Gasteiger partial charge in [-0.1, -0.05) is 37.1 Å². The molecule has 0 aromatic heterocycles. The molecule has 172 valence electrons. The summed E-state index contributed by atoms with van der Waals surface area (Å²) in [5.74, 6) is 1.09. The molecular weight excluding hydrogens is 404 g/mol. The maximum atomic E-state index is 12.5. The van der Waals surface area contributed by atoms with Gasteiger partial charge in [0.05, 0.1) is 0 Å². The quantitative estimate of drug-likeness (QED) is 0.655. The van der Waals surface area contributed by atoms with Gasteiger partial charge in [-0.25, -0.2) is 0 Å². The molecule has 3 rings (SSSR count). The highest BCUT2D eigenvalue weighted by molar-refractivity contribution is 5.79. The van der Waals surface area contributed by atoms with Gasteiger partial charge >= 0.3 is 0 Å². The molecule has 0 saturated heterocycles. The SMILES string of the molecule is Cc1ccc(C)c(OCC(=O)N[C@H]2CCCC[C@@H]2NC(=O)COc2cc(C)ccc2C)c1. The van der Waals surface area contributed by atoms with E-state index >= 15 is 0 Å². The molecule has 0 spiro atoms. The highest BCUT2D eigenvalue weighted by Crippen LogP contribution is 2.21. The molecule has 2 N–H and O–H groups in total. The molecule has 0 heterocycles. The number of benzene rings is 2. The van der Waals surface area contributed by atoms with Crippen molar-refractivity contribution in [2.75, 3.05) is 13.2 Å². The van der Waals surface area contributed by atoms with Gasteiger partial charge in [0, 0.05) is 12.1 Å². The first-order valence-corrected chi connectivity index (χ1v) is 11.3. The molecule has 0 aliphatic heterocycles. The maximum Gasteiger partial charge on any atom is 0.258 e. The van der Waals surface area contributed by atoms with Crippen molar-refractivity contribution >= 4 is 11.8 Å². The minimum Gasteiger partial charge on any atom is -0.483 e. The Labute approximate surface area is 190 Å². The zero-order valence-corrected chi connectivity index (χ0v) is 19.5. The van der Waals surface area contributed by atoms with Crippen molar-refractivity contribution in [3.63, 3.8) is 0 Å². The third kappa shape index (κ3) is 6.74. The van der Waals surface area contributed by atoms with Crippen molar-refractivity contribution in [1.82, 2.24) is 10.6 Å². The highest BCUT2D eigenvalue weighted by Gasteiger charge is 2.28. The summed E-state index contributed by atoms with van der Waals surface area (Å²) < 4.78 is 11.5. The summed E-state index contributed by atoms with van der Waals surface area (Å²) >= 11 is 0. The lowest BCUT2D eigenvalue weighted by atomic mass is 9.90. The summed E-state index contributed by atoms with van der Waals surface area (Å²) in [6.45, 7) is 7.81. The number of carbonyl (C=O) groups excluding carboxylic acids is 2. The summed E-state index contributed by atoms with van der Waals surface area (Å²) in [6.07, 6.45) is 3.71. The van der Waals surface area contributed by atoms with Crippen LogP contribution in [0.15, 0.2) is 36.4 Å². The molecule has 0 unspecified atom stereocenters. The number of amides is 2. The molecule has 6 nitrogen and oxygen atoms in total. The van der Waals surface area contributed by atoms with Gasteiger partial charge in [0.15, 0.2) is 13.2 Å². The first kappa shape index (κ1) is 23.6. The Kier molecular flexibility index (Phi) is 8.14. The predicted molar refractivity (Wildman–Crippen MR) is 125 cm³/mol. The molecule has 0 radical (unpaired) electrons. The number of aryl methyl sites for hydroxylation is 4. The molecule has 2 atom stereocenters. The van der Waals surface area contributed by atoms with Crippen LogP contribution >= 0.6 is 0 Å². The van der Waals surface area contributed by atoms with Gasteiger partial charge in [-0.15, -0.1) is 0 Å². The van der Waals surface area contributed by atoms with Crippen LogP contribution in [-0.2, 0) is 9.59 Å². The summed E-state index contributed by atoms with van der Waals surface area (Å²) in [7, 11) is 0. The third-order valence-electron chi connectivity index (χ3n) is 5.86. The first-order chi connectivity index (χ1) is 15.3. The van der Waals surface area contributed by atoms with E-state index in [0.29, 0.717) is 0 Å². The van der Waals surface area contributed by atoms with E-state index in [1.165, 1.54) is 0 Å². The van der Waals surface area contributed by atoms with Crippen LogP contribution in [0, 0.1) is 27.7 Å². The number of ether oxygens (including phenoxy) is 2. The number of nitrogens with one attached hydrogen (secondary N) is 2. The van der Waals surface area contributed by atoms with Crippen LogP contribution in [-0.4, -0.2) is 37.1 Å². The lowest BCUT2D eigenvalue weighted by Crippen LogP contribution is -2.54. The van der Waals surface area contributed by atoms with Crippen LogP contribution in [0.5, 0.6) is 11.5 Å². The number of hydrogen-bond acceptors (Lipinski definition) is 4. The second-order valence-corrected chi connectivity index (χ2v) is 8.75. The van der Waals surface area contributed by atoms with Gasteiger partial charge in [-0.3, -0.25) is 9.59 Å². The van der Waals surface area contributed by atoms with E-state index in [4.69, 9.17) is 9.47 Å². The minimum atomic E-state index is -0.177. The van der Waals surface area contributed by atoms with Crippen molar-refractivity contribution in [3.8, 4) is 11.5 Å². The molecule has 6 heteroatoms. The Hall–Kier alpha value is -3.02. The standard InChI is InChI=1S/C26H34N2O4/c1-17-9-11-19(3)23(13-17)31-15-25(29)27-21-7-5-6-8-22(21)28-26(30)16-32-24-14-18(2)10-12-20(24)4/h9-14,21-22H,5-8,15-16H2,1-4H3,(H,27,29)(H,28,30)/t21-,22-/m0/s1. The Morgan fingerprint density at radius 1 is 0.750 bits per heavy atom. The number of carbonyl (C=O) groups is 2. The predicted octanol–water partition coefficient (Wildman–Crippen LogP) is 3.92. The molecule has 1 aliphatic carbocycles. The smallest absolute Gasteiger partial charge is 0.258 e. The van der Waals surface area contributed by atoms with E-state index in [9.17, 15) is 9.59 Å². The molecule has 0 bridgehead atoms. The fraction of sp³-hybridized carbons (Fsp3) is 0.462. The first-order valence-electron chi connectivity index (χ1n) is 11.3. The monoisotopic (exact) mass is 438 g/mol. The van der Waals surface area contributed by atoms with Crippen molar-refractivity contribution in [3.05, 3.63) is 58.7 Å². The third-order valence-corrected chi connectivity index (χ3v) is 5.86. The Bertz CT molecular complexity index is 879. The van der Waals surface area contributed by atoms with Gasteiger partial charge < -0.3 is 20.1 Å². The van der Waals surface area contributed by atoms with E-state index in [1.807, 2.05) is 64.1 Å². The fourth-order valence-electron chi connectivity index (χ4n) is 3.99. The van der Waals surface area contributed by atoms with E-state index in [2.05, 4.69) is 10.6 Å². The average Bonchev–Trinajstić information content (AvgIpc) is 2.76.